The first-order chi connectivity index (χ1) is 6.61. The van der Waals surface area contributed by atoms with E-state index in [2.05, 4.69) is 10.2 Å². The van der Waals surface area contributed by atoms with Gasteiger partial charge in [0.15, 0.2) is 5.69 Å². The van der Waals surface area contributed by atoms with E-state index in [1.165, 1.54) is 0 Å². The second-order valence-corrected chi connectivity index (χ2v) is 3.37. The van der Waals surface area contributed by atoms with Crippen LogP contribution in [0.2, 0.25) is 0 Å². The lowest BCUT2D eigenvalue weighted by Gasteiger charge is -2.01. The summed E-state index contributed by atoms with van der Waals surface area (Å²) >= 11 is 0. The number of nitrogens with one attached hydrogen (secondary N) is 1. The first kappa shape index (κ1) is 8.74. The second kappa shape index (κ2) is 2.83. The Bertz CT molecular complexity index is 513. The van der Waals surface area contributed by atoms with Gasteiger partial charge >= 0.3 is 0 Å². The van der Waals surface area contributed by atoms with Crippen molar-refractivity contribution in [1.82, 2.24) is 10.2 Å². The van der Waals surface area contributed by atoms with Crippen LogP contribution in [0.1, 0.15) is 21.6 Å². The van der Waals surface area contributed by atoms with Crippen LogP contribution >= 0.6 is 0 Å². The maximum Gasteiger partial charge on any atom is 0.269 e. The first-order valence-electron chi connectivity index (χ1n) is 4.35. The quantitative estimate of drug-likeness (QED) is 0.709. The molecule has 0 aliphatic heterocycles. The number of nitrogens with two attached hydrogens (primary N) is 1. The molecule has 1 aromatic carbocycles. The highest BCUT2D eigenvalue weighted by Gasteiger charge is 2.13. The topological polar surface area (TPSA) is 71.8 Å². The average molecular weight is 189 g/mol. The van der Waals surface area contributed by atoms with Crippen molar-refractivity contribution in [2.75, 3.05) is 0 Å². The van der Waals surface area contributed by atoms with Crippen LogP contribution in [0.4, 0.5) is 0 Å². The van der Waals surface area contributed by atoms with Crippen LogP contribution in [-0.4, -0.2) is 16.1 Å². The zero-order valence-electron chi connectivity index (χ0n) is 8.09. The minimum Gasteiger partial charge on any atom is -0.364 e. The fourth-order valence-electron chi connectivity index (χ4n) is 1.56. The van der Waals surface area contributed by atoms with Gasteiger partial charge in [-0.1, -0.05) is 6.07 Å². The van der Waals surface area contributed by atoms with Crippen LogP contribution < -0.4 is 5.73 Å². The van der Waals surface area contributed by atoms with Gasteiger partial charge in [-0.05, 0) is 31.0 Å². The molecule has 14 heavy (non-hydrogen) atoms. The number of hydrogen-bond acceptors (Lipinski definition) is 2. The lowest BCUT2D eigenvalue weighted by molar-refractivity contribution is 0.0997. The van der Waals surface area contributed by atoms with Crippen LogP contribution in [0.15, 0.2) is 12.1 Å². The third-order valence-electron chi connectivity index (χ3n) is 2.49. The maximum absolute atomic E-state index is 11.1. The lowest BCUT2D eigenvalue weighted by Crippen LogP contribution is -2.12. The third-order valence-corrected chi connectivity index (χ3v) is 2.49. The van der Waals surface area contributed by atoms with E-state index in [4.69, 9.17) is 5.73 Å². The maximum atomic E-state index is 11.1. The van der Waals surface area contributed by atoms with E-state index >= 15 is 0 Å². The Morgan fingerprint density at radius 1 is 1.43 bits per heavy atom. The number of amides is 1. The van der Waals surface area contributed by atoms with E-state index in [1.54, 1.807) is 0 Å². The summed E-state index contributed by atoms with van der Waals surface area (Å²) in [5.41, 5.74) is 8.56. The van der Waals surface area contributed by atoms with Crippen molar-refractivity contribution in [3.05, 3.63) is 29.0 Å². The summed E-state index contributed by atoms with van der Waals surface area (Å²) in [6.07, 6.45) is 0. The molecule has 1 aromatic heterocycles. The number of H-pyrrole nitrogens is 1. The van der Waals surface area contributed by atoms with Gasteiger partial charge in [-0.15, -0.1) is 0 Å². The molecule has 3 N–H and O–H groups in total. The molecule has 0 spiro atoms. The summed E-state index contributed by atoms with van der Waals surface area (Å²) < 4.78 is 0. The number of aromatic amines is 1. The van der Waals surface area contributed by atoms with E-state index in [9.17, 15) is 4.79 Å². The van der Waals surface area contributed by atoms with Crippen molar-refractivity contribution in [3.8, 4) is 0 Å². The molecule has 0 saturated carbocycles. The van der Waals surface area contributed by atoms with Gasteiger partial charge in [0.05, 0.1) is 5.52 Å². The zero-order valence-corrected chi connectivity index (χ0v) is 8.09. The number of primary amides is 1. The second-order valence-electron chi connectivity index (χ2n) is 3.37. The van der Waals surface area contributed by atoms with Gasteiger partial charge in [0.2, 0.25) is 0 Å². The summed E-state index contributed by atoms with van der Waals surface area (Å²) in [4.78, 5) is 11.1. The number of nitrogens with zero attached hydrogens (tertiary/aromatic N) is 1. The van der Waals surface area contributed by atoms with Crippen molar-refractivity contribution in [3.63, 3.8) is 0 Å². The van der Waals surface area contributed by atoms with E-state index in [0.717, 1.165) is 22.0 Å². The van der Waals surface area contributed by atoms with Crippen LogP contribution in [0.5, 0.6) is 0 Å². The smallest absolute Gasteiger partial charge is 0.269 e. The molecule has 1 amide bonds. The first-order valence-corrected chi connectivity index (χ1v) is 4.35. The lowest BCUT2D eigenvalue weighted by atomic mass is 10.0. The Morgan fingerprint density at radius 2 is 2.14 bits per heavy atom. The Hall–Kier alpha value is -1.84. The molecule has 2 aromatic rings. The monoisotopic (exact) mass is 189 g/mol. The van der Waals surface area contributed by atoms with Crippen molar-refractivity contribution >= 4 is 16.8 Å². The van der Waals surface area contributed by atoms with Gasteiger partial charge in [-0.3, -0.25) is 9.89 Å². The largest absolute Gasteiger partial charge is 0.364 e. The summed E-state index contributed by atoms with van der Waals surface area (Å²) in [6.45, 7) is 3.95. The Balaban J connectivity index is 2.89. The molecule has 4 nitrogen and oxygen atoms in total. The van der Waals surface area contributed by atoms with Crippen molar-refractivity contribution in [2.45, 2.75) is 13.8 Å². The normalized spacial score (nSPS) is 10.7. The molecule has 0 saturated heterocycles. The molecule has 0 radical (unpaired) electrons. The van der Waals surface area contributed by atoms with Gasteiger partial charge in [-0.2, -0.15) is 5.10 Å². The van der Waals surface area contributed by atoms with Crippen LogP contribution in [0.3, 0.4) is 0 Å². The molecule has 0 atom stereocenters. The third kappa shape index (κ3) is 1.08. The molecule has 0 fully saturated rings. The van der Waals surface area contributed by atoms with Gasteiger partial charge < -0.3 is 5.73 Å². The number of benzene rings is 1. The average Bonchev–Trinajstić information content (AvgIpc) is 2.55. The summed E-state index contributed by atoms with van der Waals surface area (Å²) in [6, 6.07) is 3.89. The molecule has 0 bridgehead atoms. The van der Waals surface area contributed by atoms with Gasteiger partial charge in [0, 0.05) is 5.39 Å². The SMILES string of the molecule is Cc1ccc2[nH]nc(C(N)=O)c2c1C. The summed E-state index contributed by atoms with van der Waals surface area (Å²) in [5.74, 6) is -0.495. The van der Waals surface area contributed by atoms with Crippen molar-refractivity contribution < 1.29 is 4.79 Å². The molecule has 1 heterocycles. The Kier molecular flexibility index (Phi) is 1.77. The van der Waals surface area contributed by atoms with Crippen molar-refractivity contribution in [2.24, 2.45) is 5.73 Å². The number of rotatable bonds is 1. The zero-order chi connectivity index (χ0) is 10.3. The summed E-state index contributed by atoms with van der Waals surface area (Å²) in [5, 5.41) is 7.51. The Morgan fingerprint density at radius 3 is 2.79 bits per heavy atom. The highest BCUT2D eigenvalue weighted by Crippen LogP contribution is 2.22. The number of hydrogen-bond donors (Lipinski definition) is 2. The number of carbonyl (C=O) groups excluding carboxylic acids is 1. The molecular formula is C10H11N3O. The number of aromatic nitrogens is 2. The molecule has 0 unspecified atom stereocenters. The number of fused-ring (bicyclic) bond motifs is 1. The highest BCUT2D eigenvalue weighted by atomic mass is 16.1. The van der Waals surface area contributed by atoms with Crippen LogP contribution in [0.25, 0.3) is 10.9 Å². The number of carbonyl (C=O) groups is 1. The van der Waals surface area contributed by atoms with Crippen LogP contribution in [-0.2, 0) is 0 Å². The van der Waals surface area contributed by atoms with E-state index in [0.29, 0.717) is 5.69 Å². The van der Waals surface area contributed by atoms with Gasteiger partial charge in [0.1, 0.15) is 0 Å². The number of aryl methyl sites for hydroxylation is 2. The standard InChI is InChI=1S/C10H11N3O/c1-5-3-4-7-8(6(5)2)9(10(11)14)13-12-7/h3-4H,1-2H3,(H2,11,14)(H,12,13). The molecule has 4 heteroatoms. The van der Waals surface area contributed by atoms with Crippen molar-refractivity contribution in [1.29, 1.82) is 0 Å². The molecule has 72 valence electrons. The van der Waals surface area contributed by atoms with E-state index < -0.39 is 5.91 Å². The van der Waals surface area contributed by atoms with E-state index in [1.807, 2.05) is 26.0 Å². The minimum atomic E-state index is -0.495. The predicted molar refractivity (Wildman–Crippen MR) is 54.1 cm³/mol. The summed E-state index contributed by atoms with van der Waals surface area (Å²) in [7, 11) is 0. The molecular weight excluding hydrogens is 178 g/mol. The molecule has 0 aliphatic carbocycles. The van der Waals surface area contributed by atoms with Crippen LogP contribution in [0, 0.1) is 13.8 Å². The molecule has 2 rings (SSSR count). The predicted octanol–water partition coefficient (Wildman–Crippen LogP) is 1.28. The highest BCUT2D eigenvalue weighted by molar-refractivity contribution is 6.05. The minimum absolute atomic E-state index is 0.321. The molecule has 0 aliphatic rings. The fraction of sp³-hybridized carbons (Fsp3) is 0.200. The van der Waals surface area contributed by atoms with E-state index in [-0.39, 0.29) is 0 Å². The Labute approximate surface area is 81.1 Å². The van der Waals surface area contributed by atoms with Gasteiger partial charge in [-0.25, -0.2) is 0 Å². The fourth-order valence-corrected chi connectivity index (χ4v) is 1.56. The van der Waals surface area contributed by atoms with Gasteiger partial charge in [0.25, 0.3) is 5.91 Å².